The number of amides is 1. The second-order valence-corrected chi connectivity index (χ2v) is 5.86. The average molecular weight is 365 g/mol. The first kappa shape index (κ1) is 17.8. The van der Waals surface area contributed by atoms with E-state index in [1.54, 1.807) is 24.3 Å². The third kappa shape index (κ3) is 3.22. The van der Waals surface area contributed by atoms with Gasteiger partial charge in [-0.25, -0.2) is 4.79 Å². The molecule has 0 aromatic heterocycles. The van der Waals surface area contributed by atoms with Crippen LogP contribution in [-0.4, -0.2) is 29.0 Å². The summed E-state index contributed by atoms with van der Waals surface area (Å²) in [6.45, 7) is -0.119. The molecule has 0 radical (unpaired) electrons. The molecule has 0 spiro atoms. The number of nitrogens with zero attached hydrogens (tertiary/aromatic N) is 1. The van der Waals surface area contributed by atoms with Gasteiger partial charge < -0.3 is 14.7 Å². The Labute approximate surface area is 146 Å². The lowest BCUT2D eigenvalue weighted by atomic mass is 9.99. The third-order valence-electron chi connectivity index (χ3n) is 4.20. The molecule has 0 atom stereocenters. The summed E-state index contributed by atoms with van der Waals surface area (Å²) in [4.78, 5) is 24.9. The summed E-state index contributed by atoms with van der Waals surface area (Å²) in [5.41, 5.74) is -1.33. The van der Waals surface area contributed by atoms with Gasteiger partial charge in [-0.15, -0.1) is 0 Å². The van der Waals surface area contributed by atoms with E-state index in [4.69, 9.17) is 9.84 Å². The highest BCUT2D eigenvalue weighted by Gasteiger charge is 2.40. The van der Waals surface area contributed by atoms with E-state index in [0.29, 0.717) is 11.8 Å². The van der Waals surface area contributed by atoms with E-state index < -0.39 is 29.2 Å². The molecule has 0 fully saturated rings. The molecular formula is C18H14F3NO4. The molecule has 0 bridgehead atoms. The summed E-state index contributed by atoms with van der Waals surface area (Å²) < 4.78 is 45.0. The highest BCUT2D eigenvalue weighted by molar-refractivity contribution is 6.01. The van der Waals surface area contributed by atoms with Crippen LogP contribution in [0, 0.1) is 0 Å². The first-order valence-electron chi connectivity index (χ1n) is 7.60. The fourth-order valence-electron chi connectivity index (χ4n) is 2.92. The molecule has 0 unspecified atom stereocenters. The fourth-order valence-corrected chi connectivity index (χ4v) is 2.92. The van der Waals surface area contributed by atoms with Crippen LogP contribution in [0.5, 0.6) is 5.75 Å². The van der Waals surface area contributed by atoms with Gasteiger partial charge >= 0.3 is 12.1 Å². The lowest BCUT2D eigenvalue weighted by Gasteiger charge is -2.16. The summed E-state index contributed by atoms with van der Waals surface area (Å²) in [7, 11) is 1.51. The van der Waals surface area contributed by atoms with Crippen LogP contribution in [0.4, 0.5) is 13.2 Å². The molecule has 136 valence electrons. The topological polar surface area (TPSA) is 66.8 Å². The van der Waals surface area contributed by atoms with Crippen molar-refractivity contribution in [3.05, 3.63) is 64.2 Å². The maximum Gasteiger partial charge on any atom is 0.416 e. The molecule has 1 heterocycles. The maximum absolute atomic E-state index is 13.3. The number of methoxy groups -OCH3 is 1. The Balaban J connectivity index is 1.95. The molecule has 1 N–H and O–H groups in total. The lowest BCUT2D eigenvalue weighted by molar-refractivity contribution is -0.138. The van der Waals surface area contributed by atoms with E-state index in [9.17, 15) is 22.8 Å². The predicted molar refractivity (Wildman–Crippen MR) is 85.0 cm³/mol. The molecule has 5 nitrogen and oxygen atoms in total. The summed E-state index contributed by atoms with van der Waals surface area (Å²) in [6, 6.07) is 8.37. The molecule has 2 aromatic carbocycles. The second-order valence-electron chi connectivity index (χ2n) is 5.86. The van der Waals surface area contributed by atoms with Gasteiger partial charge in [0.15, 0.2) is 0 Å². The van der Waals surface area contributed by atoms with Gasteiger partial charge in [0.05, 0.1) is 18.2 Å². The van der Waals surface area contributed by atoms with Gasteiger partial charge in [0, 0.05) is 18.7 Å². The molecular weight excluding hydrogens is 351 g/mol. The quantitative estimate of drug-likeness (QED) is 0.900. The number of fused-ring (bicyclic) bond motifs is 1. The van der Waals surface area contributed by atoms with E-state index in [1.807, 2.05) is 0 Å². The van der Waals surface area contributed by atoms with Crippen molar-refractivity contribution in [3.63, 3.8) is 0 Å². The number of ether oxygens (including phenoxy) is 1. The van der Waals surface area contributed by atoms with Gasteiger partial charge in [0.1, 0.15) is 5.75 Å². The van der Waals surface area contributed by atoms with Gasteiger partial charge in [-0.1, -0.05) is 12.1 Å². The normalized spacial score (nSPS) is 13.7. The summed E-state index contributed by atoms with van der Waals surface area (Å²) in [5, 5.41) is 9.04. The monoisotopic (exact) mass is 365 g/mol. The van der Waals surface area contributed by atoms with Crippen molar-refractivity contribution in [1.82, 2.24) is 4.90 Å². The van der Waals surface area contributed by atoms with E-state index in [0.717, 1.165) is 11.6 Å². The summed E-state index contributed by atoms with van der Waals surface area (Å²) >= 11 is 0. The Hall–Kier alpha value is -3.03. The second kappa shape index (κ2) is 6.36. The Kier molecular flexibility index (Phi) is 4.35. The summed E-state index contributed by atoms with van der Waals surface area (Å²) in [5.74, 6) is -1.51. The van der Waals surface area contributed by atoms with Crippen LogP contribution in [-0.2, 0) is 19.3 Å². The van der Waals surface area contributed by atoms with Crippen molar-refractivity contribution >= 4 is 11.9 Å². The molecule has 1 aliphatic rings. The molecule has 1 amide bonds. The van der Waals surface area contributed by atoms with Crippen LogP contribution in [0.25, 0.3) is 0 Å². The van der Waals surface area contributed by atoms with Crippen molar-refractivity contribution < 1.29 is 32.6 Å². The van der Waals surface area contributed by atoms with Crippen molar-refractivity contribution in [2.45, 2.75) is 19.3 Å². The number of halogens is 3. The minimum absolute atomic E-state index is 0.108. The van der Waals surface area contributed by atoms with Gasteiger partial charge in [0.25, 0.3) is 5.91 Å². The maximum atomic E-state index is 13.3. The smallest absolute Gasteiger partial charge is 0.416 e. The number of rotatable bonds is 4. The number of hydrogen-bond acceptors (Lipinski definition) is 3. The first-order valence-corrected chi connectivity index (χ1v) is 7.60. The molecule has 0 saturated heterocycles. The molecule has 2 aromatic rings. The molecule has 3 rings (SSSR count). The zero-order valence-corrected chi connectivity index (χ0v) is 13.6. The first-order chi connectivity index (χ1) is 12.2. The number of hydrogen-bond donors (Lipinski definition) is 1. The van der Waals surface area contributed by atoms with E-state index in [-0.39, 0.29) is 24.2 Å². The molecule has 1 aliphatic heterocycles. The van der Waals surface area contributed by atoms with Crippen LogP contribution >= 0.6 is 0 Å². The highest BCUT2D eigenvalue weighted by atomic mass is 19.4. The number of carboxylic acid groups (broad SMARTS) is 1. The highest BCUT2D eigenvalue weighted by Crippen LogP contribution is 2.38. The number of alkyl halides is 3. The van der Waals surface area contributed by atoms with Crippen molar-refractivity contribution in [2.75, 3.05) is 7.11 Å². The van der Waals surface area contributed by atoms with Crippen molar-refractivity contribution in [3.8, 4) is 5.75 Å². The third-order valence-corrected chi connectivity index (χ3v) is 4.20. The van der Waals surface area contributed by atoms with Crippen LogP contribution in [0.2, 0.25) is 0 Å². The van der Waals surface area contributed by atoms with E-state index >= 15 is 0 Å². The molecule has 0 aliphatic carbocycles. The van der Waals surface area contributed by atoms with Crippen LogP contribution in [0.3, 0.4) is 0 Å². The zero-order chi connectivity index (χ0) is 19.1. The Morgan fingerprint density at radius 2 is 1.88 bits per heavy atom. The van der Waals surface area contributed by atoms with Crippen LogP contribution in [0.1, 0.15) is 37.4 Å². The molecule has 26 heavy (non-hydrogen) atoms. The average Bonchev–Trinajstić information content (AvgIpc) is 2.90. The number of aromatic carboxylic acids is 1. The number of carbonyl (C=O) groups excluding carboxylic acids is 1. The van der Waals surface area contributed by atoms with Gasteiger partial charge in [-0.05, 0) is 35.4 Å². The Bertz CT molecular complexity index is 875. The van der Waals surface area contributed by atoms with E-state index in [1.165, 1.54) is 12.0 Å². The Morgan fingerprint density at radius 3 is 2.42 bits per heavy atom. The largest absolute Gasteiger partial charge is 0.497 e. The van der Waals surface area contributed by atoms with Crippen LogP contribution in [0.15, 0.2) is 36.4 Å². The Morgan fingerprint density at radius 1 is 1.23 bits per heavy atom. The molecule has 8 heteroatoms. The number of carbonyl (C=O) groups is 2. The molecule has 0 saturated carbocycles. The van der Waals surface area contributed by atoms with Gasteiger partial charge in [-0.3, -0.25) is 4.79 Å². The lowest BCUT2D eigenvalue weighted by Crippen LogP contribution is -2.23. The van der Waals surface area contributed by atoms with Crippen molar-refractivity contribution in [2.24, 2.45) is 0 Å². The predicted octanol–water partition coefficient (Wildman–Crippen LogP) is 3.57. The standard InChI is InChI=1S/C18H14F3NO4/c1-26-12-4-2-10(3-5-12)8-22-9-14-13(16(22)23)6-11(17(24)25)7-15(14)18(19,20)21/h2-7H,8-9H2,1H3,(H,24,25). The fraction of sp³-hybridized carbons (Fsp3) is 0.222. The minimum Gasteiger partial charge on any atom is -0.497 e. The number of carboxylic acids is 1. The van der Waals surface area contributed by atoms with Crippen molar-refractivity contribution in [1.29, 1.82) is 0 Å². The number of benzene rings is 2. The zero-order valence-electron chi connectivity index (χ0n) is 13.6. The SMILES string of the molecule is COc1ccc(CN2Cc3c(cc(C(=O)O)cc3C(F)(F)F)C2=O)cc1. The van der Waals surface area contributed by atoms with Crippen LogP contribution < -0.4 is 4.74 Å². The minimum atomic E-state index is -4.74. The van der Waals surface area contributed by atoms with E-state index in [2.05, 4.69) is 0 Å². The van der Waals surface area contributed by atoms with Gasteiger partial charge in [0.2, 0.25) is 0 Å². The summed E-state index contributed by atoms with van der Waals surface area (Å²) in [6.07, 6.45) is -4.74. The van der Waals surface area contributed by atoms with Gasteiger partial charge in [-0.2, -0.15) is 13.2 Å².